The zero-order valence-electron chi connectivity index (χ0n) is 9.89. The SMILES string of the molecule is Cc1cc(F)cc(Oc2cccc(Br)c2[N+](=O)[O-])c1. The lowest BCUT2D eigenvalue weighted by atomic mass is 10.2. The van der Waals surface area contributed by atoms with E-state index in [4.69, 9.17) is 4.74 Å². The second-order valence-corrected chi connectivity index (χ2v) is 4.76. The van der Waals surface area contributed by atoms with Crippen molar-refractivity contribution < 1.29 is 14.1 Å². The van der Waals surface area contributed by atoms with Gasteiger partial charge in [0.15, 0.2) is 0 Å². The van der Waals surface area contributed by atoms with E-state index >= 15 is 0 Å². The van der Waals surface area contributed by atoms with Crippen molar-refractivity contribution in [1.82, 2.24) is 0 Å². The maximum Gasteiger partial charge on any atom is 0.325 e. The van der Waals surface area contributed by atoms with Crippen LogP contribution in [0.1, 0.15) is 5.56 Å². The van der Waals surface area contributed by atoms with E-state index in [0.29, 0.717) is 10.0 Å². The molecule has 98 valence electrons. The van der Waals surface area contributed by atoms with E-state index in [1.165, 1.54) is 18.2 Å². The summed E-state index contributed by atoms with van der Waals surface area (Å²) in [5, 5.41) is 11.0. The fraction of sp³-hybridized carbons (Fsp3) is 0.0769. The highest BCUT2D eigenvalue weighted by Gasteiger charge is 2.20. The average molecular weight is 326 g/mol. The fourth-order valence-corrected chi connectivity index (χ4v) is 2.14. The Kier molecular flexibility index (Phi) is 3.80. The molecule has 0 aliphatic rings. The summed E-state index contributed by atoms with van der Waals surface area (Å²) in [6, 6.07) is 8.75. The number of benzene rings is 2. The third-order valence-corrected chi connectivity index (χ3v) is 3.02. The molecular weight excluding hydrogens is 317 g/mol. The van der Waals surface area contributed by atoms with Gasteiger partial charge < -0.3 is 4.74 Å². The molecule has 2 aromatic carbocycles. The molecule has 0 aromatic heterocycles. The van der Waals surface area contributed by atoms with E-state index in [-0.39, 0.29) is 17.2 Å². The molecule has 0 unspecified atom stereocenters. The van der Waals surface area contributed by atoms with Gasteiger partial charge in [-0.15, -0.1) is 0 Å². The minimum absolute atomic E-state index is 0.0596. The number of hydrogen-bond acceptors (Lipinski definition) is 3. The van der Waals surface area contributed by atoms with E-state index in [9.17, 15) is 14.5 Å². The molecule has 0 amide bonds. The zero-order chi connectivity index (χ0) is 14.0. The first-order valence-corrected chi connectivity index (χ1v) is 6.14. The van der Waals surface area contributed by atoms with E-state index in [1.807, 2.05) is 0 Å². The van der Waals surface area contributed by atoms with Crippen LogP contribution in [0.3, 0.4) is 0 Å². The van der Waals surface area contributed by atoms with Gasteiger partial charge in [0.1, 0.15) is 11.6 Å². The smallest absolute Gasteiger partial charge is 0.325 e. The van der Waals surface area contributed by atoms with Gasteiger partial charge in [-0.25, -0.2) is 4.39 Å². The monoisotopic (exact) mass is 325 g/mol. The Bertz CT molecular complexity index is 626. The largest absolute Gasteiger partial charge is 0.450 e. The molecule has 0 saturated heterocycles. The third kappa shape index (κ3) is 3.08. The van der Waals surface area contributed by atoms with Gasteiger partial charge in [-0.1, -0.05) is 6.07 Å². The maximum absolute atomic E-state index is 13.2. The molecule has 0 saturated carbocycles. The number of nitro benzene ring substituents is 1. The van der Waals surface area contributed by atoms with Crippen LogP contribution in [0.2, 0.25) is 0 Å². The molecule has 0 bridgehead atoms. The van der Waals surface area contributed by atoms with Gasteiger partial charge in [-0.3, -0.25) is 10.1 Å². The molecule has 0 spiro atoms. The van der Waals surface area contributed by atoms with Crippen LogP contribution in [0.25, 0.3) is 0 Å². The van der Waals surface area contributed by atoms with Crippen LogP contribution in [0, 0.1) is 22.9 Å². The summed E-state index contributed by atoms with van der Waals surface area (Å²) in [6.45, 7) is 1.71. The first kappa shape index (κ1) is 13.5. The summed E-state index contributed by atoms with van der Waals surface area (Å²) >= 11 is 3.09. The van der Waals surface area contributed by atoms with Crippen LogP contribution in [0.15, 0.2) is 40.9 Å². The van der Waals surface area contributed by atoms with Crippen molar-refractivity contribution in [3.05, 3.63) is 62.4 Å². The summed E-state index contributed by atoms with van der Waals surface area (Å²) < 4.78 is 19.0. The van der Waals surface area contributed by atoms with Gasteiger partial charge in [0.2, 0.25) is 5.75 Å². The number of aryl methyl sites for hydroxylation is 1. The predicted molar refractivity (Wildman–Crippen MR) is 72.0 cm³/mol. The number of ether oxygens (including phenoxy) is 1. The Balaban J connectivity index is 2.43. The summed E-state index contributed by atoms with van der Waals surface area (Å²) in [4.78, 5) is 10.4. The van der Waals surface area contributed by atoms with Crippen LogP contribution >= 0.6 is 15.9 Å². The van der Waals surface area contributed by atoms with Crippen LogP contribution in [-0.2, 0) is 0 Å². The molecule has 0 atom stereocenters. The van der Waals surface area contributed by atoms with Crippen LogP contribution < -0.4 is 4.74 Å². The van der Waals surface area contributed by atoms with Crippen molar-refractivity contribution in [2.45, 2.75) is 6.92 Å². The van der Waals surface area contributed by atoms with Gasteiger partial charge in [-0.05, 0) is 52.7 Å². The topological polar surface area (TPSA) is 52.4 Å². The summed E-state index contributed by atoms with van der Waals surface area (Å²) in [7, 11) is 0. The minimum atomic E-state index is -0.550. The average Bonchev–Trinajstić information content (AvgIpc) is 2.26. The predicted octanol–water partition coefficient (Wildman–Crippen LogP) is 4.60. The molecule has 0 radical (unpaired) electrons. The molecule has 0 aliphatic carbocycles. The first-order valence-electron chi connectivity index (χ1n) is 5.35. The maximum atomic E-state index is 13.2. The second kappa shape index (κ2) is 5.36. The molecule has 2 aromatic rings. The molecule has 0 heterocycles. The van der Waals surface area contributed by atoms with Gasteiger partial charge in [-0.2, -0.15) is 0 Å². The van der Waals surface area contributed by atoms with Crippen molar-refractivity contribution in [3.63, 3.8) is 0 Å². The van der Waals surface area contributed by atoms with Crippen molar-refractivity contribution in [2.75, 3.05) is 0 Å². The summed E-state index contributed by atoms with van der Waals surface area (Å²) in [6.07, 6.45) is 0. The molecule has 4 nitrogen and oxygen atoms in total. The lowest BCUT2D eigenvalue weighted by Gasteiger charge is -2.08. The molecular formula is C13H9BrFNO3. The molecule has 0 N–H and O–H groups in total. The van der Waals surface area contributed by atoms with Gasteiger partial charge in [0, 0.05) is 6.07 Å². The van der Waals surface area contributed by atoms with Crippen molar-refractivity contribution in [1.29, 1.82) is 0 Å². The quantitative estimate of drug-likeness (QED) is 0.612. The standard InChI is InChI=1S/C13H9BrFNO3/c1-8-5-9(15)7-10(6-8)19-12-4-2-3-11(14)13(12)16(17)18/h2-7H,1H3. The van der Waals surface area contributed by atoms with Crippen LogP contribution in [0.5, 0.6) is 11.5 Å². The summed E-state index contributed by atoms with van der Waals surface area (Å²) in [5.74, 6) is -0.171. The molecule has 19 heavy (non-hydrogen) atoms. The normalized spacial score (nSPS) is 10.3. The van der Waals surface area contributed by atoms with Gasteiger partial charge in [0.25, 0.3) is 0 Å². The van der Waals surface area contributed by atoms with Crippen LogP contribution in [0.4, 0.5) is 10.1 Å². The Hall–Kier alpha value is -1.95. The summed E-state index contributed by atoms with van der Waals surface area (Å²) in [5.41, 5.74) is 0.483. The van der Waals surface area contributed by atoms with E-state index in [0.717, 1.165) is 0 Å². The number of nitro groups is 1. The first-order chi connectivity index (χ1) is 8.97. The minimum Gasteiger partial charge on any atom is -0.450 e. The zero-order valence-corrected chi connectivity index (χ0v) is 11.5. The number of nitrogens with zero attached hydrogens (tertiary/aromatic N) is 1. The Morgan fingerprint density at radius 1 is 1.32 bits per heavy atom. The van der Waals surface area contributed by atoms with Gasteiger partial charge in [0.05, 0.1) is 9.40 Å². The van der Waals surface area contributed by atoms with Gasteiger partial charge >= 0.3 is 5.69 Å². The van der Waals surface area contributed by atoms with Crippen LogP contribution in [-0.4, -0.2) is 4.92 Å². The van der Waals surface area contributed by atoms with Crippen molar-refractivity contribution >= 4 is 21.6 Å². The third-order valence-electron chi connectivity index (χ3n) is 2.38. The molecule has 0 fully saturated rings. The Morgan fingerprint density at radius 3 is 2.68 bits per heavy atom. The second-order valence-electron chi connectivity index (χ2n) is 3.91. The lowest BCUT2D eigenvalue weighted by molar-refractivity contribution is -0.386. The Morgan fingerprint density at radius 2 is 2.05 bits per heavy atom. The fourth-order valence-electron chi connectivity index (χ4n) is 1.64. The number of halogens is 2. The number of rotatable bonds is 3. The number of hydrogen-bond donors (Lipinski definition) is 0. The molecule has 0 aliphatic heterocycles. The van der Waals surface area contributed by atoms with E-state index in [2.05, 4.69) is 15.9 Å². The highest BCUT2D eigenvalue weighted by atomic mass is 79.9. The highest BCUT2D eigenvalue weighted by Crippen LogP contribution is 2.37. The van der Waals surface area contributed by atoms with E-state index < -0.39 is 10.7 Å². The molecule has 6 heteroatoms. The lowest BCUT2D eigenvalue weighted by Crippen LogP contribution is -1.95. The highest BCUT2D eigenvalue weighted by molar-refractivity contribution is 9.10. The van der Waals surface area contributed by atoms with Crippen molar-refractivity contribution in [2.24, 2.45) is 0 Å². The van der Waals surface area contributed by atoms with E-state index in [1.54, 1.807) is 25.1 Å². The Labute approximate surface area is 117 Å². The molecule has 2 rings (SSSR count). The van der Waals surface area contributed by atoms with Crippen molar-refractivity contribution in [3.8, 4) is 11.5 Å². The number of para-hydroxylation sites is 1.